The summed E-state index contributed by atoms with van der Waals surface area (Å²) >= 11 is 3.84. The van der Waals surface area contributed by atoms with Gasteiger partial charge >= 0.3 is 0 Å². The molecular formula is C20H25IN6O3S2. The van der Waals surface area contributed by atoms with Crippen LogP contribution in [0.3, 0.4) is 0 Å². The largest absolute Gasteiger partial charge is 0.493 e. The number of nitrogens with two attached hydrogens (primary N) is 1. The van der Waals surface area contributed by atoms with Crippen LogP contribution >= 0.6 is 34.4 Å². The Morgan fingerprint density at radius 2 is 2.09 bits per heavy atom. The molecule has 1 aromatic carbocycles. The van der Waals surface area contributed by atoms with E-state index in [1.165, 1.54) is 23.7 Å². The predicted molar refractivity (Wildman–Crippen MR) is 134 cm³/mol. The highest BCUT2D eigenvalue weighted by molar-refractivity contribution is 14.1. The molecule has 1 aliphatic rings. The van der Waals surface area contributed by atoms with E-state index in [-0.39, 0.29) is 0 Å². The van der Waals surface area contributed by atoms with Gasteiger partial charge in [0.2, 0.25) is 10.0 Å². The van der Waals surface area contributed by atoms with Crippen molar-refractivity contribution in [1.29, 1.82) is 0 Å². The molecule has 0 spiro atoms. The van der Waals surface area contributed by atoms with E-state index in [2.05, 4.69) is 43.3 Å². The first-order chi connectivity index (χ1) is 15.1. The molecule has 0 amide bonds. The highest BCUT2D eigenvalue weighted by atomic mass is 127. The van der Waals surface area contributed by atoms with Crippen molar-refractivity contribution >= 4 is 61.4 Å². The SMILES string of the molecule is CC(C)(C)S(=O)(=O)NCCCn1c(Sc2cc3c(cc2I)CCO3)nc2c(N)ncnc21. The molecule has 0 saturated heterocycles. The standard InChI is InChI=1S/C20H25IN6O3S2/c1-20(2,3)32(28,29)25-6-4-7-27-18-16(17(22)23-11-24-18)26-19(27)31-15-10-14-12(5-8-30-14)9-13(15)21/h9-11,25H,4-8H2,1-3H3,(H2,22,23,24). The van der Waals surface area contributed by atoms with Crippen LogP contribution < -0.4 is 15.2 Å². The van der Waals surface area contributed by atoms with Gasteiger partial charge in [0.25, 0.3) is 0 Å². The van der Waals surface area contributed by atoms with Crippen LogP contribution in [-0.2, 0) is 23.0 Å². The van der Waals surface area contributed by atoms with Gasteiger partial charge in [0.15, 0.2) is 22.1 Å². The summed E-state index contributed by atoms with van der Waals surface area (Å²) in [6, 6.07) is 4.19. The molecule has 0 saturated carbocycles. The van der Waals surface area contributed by atoms with Crippen LogP contribution in [-0.4, -0.2) is 45.8 Å². The second kappa shape index (κ2) is 8.95. The number of ether oxygens (including phenoxy) is 1. The number of rotatable bonds is 7. The van der Waals surface area contributed by atoms with Crippen LogP contribution in [0.15, 0.2) is 28.5 Å². The molecular weight excluding hydrogens is 563 g/mol. The normalized spacial score (nSPS) is 14.0. The second-order valence-electron chi connectivity index (χ2n) is 8.43. The average molecular weight is 588 g/mol. The van der Waals surface area contributed by atoms with E-state index in [1.807, 2.05) is 10.6 Å². The van der Waals surface area contributed by atoms with Gasteiger partial charge in [0.05, 0.1) is 11.4 Å². The lowest BCUT2D eigenvalue weighted by Gasteiger charge is -2.19. The highest BCUT2D eigenvalue weighted by Gasteiger charge is 2.28. The molecule has 0 atom stereocenters. The Kier molecular flexibility index (Phi) is 6.58. The fraction of sp³-hybridized carbons (Fsp3) is 0.450. The molecule has 0 aliphatic carbocycles. The Labute approximate surface area is 205 Å². The molecule has 12 heteroatoms. The number of hydrogen-bond donors (Lipinski definition) is 2. The predicted octanol–water partition coefficient (Wildman–Crippen LogP) is 3.21. The van der Waals surface area contributed by atoms with Crippen molar-refractivity contribution in [2.45, 2.75) is 55.0 Å². The smallest absolute Gasteiger partial charge is 0.216 e. The van der Waals surface area contributed by atoms with Crippen molar-refractivity contribution in [2.75, 3.05) is 18.9 Å². The van der Waals surface area contributed by atoms with E-state index in [9.17, 15) is 8.42 Å². The Balaban J connectivity index is 1.59. The molecule has 0 bridgehead atoms. The molecule has 0 unspecified atom stereocenters. The van der Waals surface area contributed by atoms with E-state index in [4.69, 9.17) is 15.5 Å². The second-order valence-corrected chi connectivity index (χ2v) is 13.1. The summed E-state index contributed by atoms with van der Waals surface area (Å²) in [6.45, 7) is 6.57. The first-order valence-corrected chi connectivity index (χ1v) is 13.5. The van der Waals surface area contributed by atoms with Crippen LogP contribution in [0.4, 0.5) is 5.82 Å². The number of nitrogens with zero attached hydrogens (tertiary/aromatic N) is 4. The maximum atomic E-state index is 12.3. The Hall–Kier alpha value is -1.64. The summed E-state index contributed by atoms with van der Waals surface area (Å²) < 4.78 is 35.3. The molecule has 2 aromatic heterocycles. The van der Waals surface area contributed by atoms with Gasteiger partial charge in [-0.3, -0.25) is 0 Å². The zero-order valence-electron chi connectivity index (χ0n) is 18.1. The molecule has 3 N–H and O–H groups in total. The number of sulfonamides is 1. The van der Waals surface area contributed by atoms with Crippen LogP contribution in [0.5, 0.6) is 5.75 Å². The minimum atomic E-state index is -3.40. The van der Waals surface area contributed by atoms with Gasteiger partial charge in [-0.15, -0.1) is 0 Å². The number of nitrogen functional groups attached to an aromatic ring is 1. The minimum Gasteiger partial charge on any atom is -0.493 e. The average Bonchev–Trinajstić information content (AvgIpc) is 3.29. The zero-order valence-corrected chi connectivity index (χ0v) is 21.8. The number of halogens is 1. The van der Waals surface area contributed by atoms with E-state index in [0.717, 1.165) is 25.8 Å². The monoisotopic (exact) mass is 588 g/mol. The van der Waals surface area contributed by atoms with Gasteiger partial charge in [0, 0.05) is 28.0 Å². The minimum absolute atomic E-state index is 0.314. The summed E-state index contributed by atoms with van der Waals surface area (Å²) in [5.74, 6) is 1.22. The topological polar surface area (TPSA) is 125 Å². The third-order valence-corrected chi connectivity index (χ3v) is 9.63. The van der Waals surface area contributed by atoms with Gasteiger partial charge < -0.3 is 15.0 Å². The summed E-state index contributed by atoms with van der Waals surface area (Å²) in [4.78, 5) is 14.2. The Morgan fingerprint density at radius 1 is 1.31 bits per heavy atom. The third kappa shape index (κ3) is 4.68. The number of nitrogens with one attached hydrogen (secondary N) is 1. The maximum absolute atomic E-state index is 12.3. The lowest BCUT2D eigenvalue weighted by molar-refractivity contribution is 0.356. The van der Waals surface area contributed by atoms with E-state index in [0.29, 0.717) is 43.1 Å². The van der Waals surface area contributed by atoms with Gasteiger partial charge in [-0.25, -0.2) is 28.1 Å². The first kappa shape index (κ1) is 23.5. The van der Waals surface area contributed by atoms with Crippen LogP contribution in [0.1, 0.15) is 32.8 Å². The number of fused-ring (bicyclic) bond motifs is 2. The summed E-state index contributed by atoms with van der Waals surface area (Å²) in [5.41, 5.74) is 8.43. The van der Waals surface area contributed by atoms with E-state index >= 15 is 0 Å². The van der Waals surface area contributed by atoms with Crippen molar-refractivity contribution in [3.05, 3.63) is 27.6 Å². The fourth-order valence-electron chi connectivity index (χ4n) is 3.23. The number of imidazole rings is 1. The number of anilines is 1. The molecule has 0 fully saturated rings. The van der Waals surface area contributed by atoms with Crippen LogP contribution in [0.25, 0.3) is 11.2 Å². The van der Waals surface area contributed by atoms with E-state index < -0.39 is 14.8 Å². The van der Waals surface area contributed by atoms with Crippen molar-refractivity contribution in [2.24, 2.45) is 0 Å². The van der Waals surface area contributed by atoms with Crippen molar-refractivity contribution < 1.29 is 13.2 Å². The van der Waals surface area contributed by atoms with Gasteiger partial charge in [0.1, 0.15) is 12.1 Å². The lowest BCUT2D eigenvalue weighted by atomic mass is 10.2. The Morgan fingerprint density at radius 3 is 2.84 bits per heavy atom. The van der Waals surface area contributed by atoms with Gasteiger partial charge in [-0.05, 0) is 67.5 Å². The number of aromatic nitrogens is 4. The highest BCUT2D eigenvalue weighted by Crippen LogP contribution is 2.38. The number of hydrogen-bond acceptors (Lipinski definition) is 8. The Bertz CT molecular complexity index is 1270. The van der Waals surface area contributed by atoms with Crippen molar-refractivity contribution in [3.8, 4) is 5.75 Å². The molecule has 172 valence electrons. The molecule has 32 heavy (non-hydrogen) atoms. The molecule has 0 radical (unpaired) electrons. The summed E-state index contributed by atoms with van der Waals surface area (Å²) in [7, 11) is -3.40. The zero-order chi connectivity index (χ0) is 23.1. The number of aryl methyl sites for hydroxylation is 1. The first-order valence-electron chi connectivity index (χ1n) is 10.2. The van der Waals surface area contributed by atoms with Crippen LogP contribution in [0.2, 0.25) is 0 Å². The van der Waals surface area contributed by atoms with Crippen molar-refractivity contribution in [1.82, 2.24) is 24.2 Å². The summed E-state index contributed by atoms with van der Waals surface area (Å²) in [6.07, 6.45) is 2.91. The van der Waals surface area contributed by atoms with Gasteiger partial charge in [-0.1, -0.05) is 11.8 Å². The summed E-state index contributed by atoms with van der Waals surface area (Å²) in [5, 5.41) is 0.724. The quantitative estimate of drug-likeness (QED) is 0.319. The van der Waals surface area contributed by atoms with Crippen molar-refractivity contribution in [3.63, 3.8) is 0 Å². The molecule has 3 heterocycles. The lowest BCUT2D eigenvalue weighted by Crippen LogP contribution is -2.39. The molecule has 1 aliphatic heterocycles. The fourth-order valence-corrected chi connectivity index (χ4v) is 5.88. The third-order valence-electron chi connectivity index (χ3n) is 5.13. The van der Waals surface area contributed by atoms with Crippen LogP contribution in [0, 0.1) is 3.57 Å². The van der Waals surface area contributed by atoms with E-state index in [1.54, 1.807) is 20.8 Å². The molecule has 9 nitrogen and oxygen atoms in total. The molecule has 4 rings (SSSR count). The number of benzene rings is 1. The van der Waals surface area contributed by atoms with Gasteiger partial charge in [-0.2, -0.15) is 0 Å². The molecule has 3 aromatic rings. The maximum Gasteiger partial charge on any atom is 0.216 e.